The average molecular weight is 419 g/mol. The highest BCUT2D eigenvalue weighted by Gasteiger charge is 2.25. The minimum Gasteiger partial charge on any atom is -0.493 e. The molecule has 5 rings (SSSR count). The van der Waals surface area contributed by atoms with Gasteiger partial charge in [0.25, 0.3) is 5.56 Å². The van der Waals surface area contributed by atoms with E-state index in [4.69, 9.17) is 13.9 Å². The van der Waals surface area contributed by atoms with Crippen molar-refractivity contribution < 1.29 is 13.9 Å². The first-order valence-electron chi connectivity index (χ1n) is 9.88. The third-order valence-electron chi connectivity index (χ3n) is 5.50. The van der Waals surface area contributed by atoms with Crippen LogP contribution in [-0.4, -0.2) is 29.0 Å². The van der Waals surface area contributed by atoms with Crippen molar-refractivity contribution in [1.82, 2.24) is 14.8 Å². The second-order valence-corrected chi connectivity index (χ2v) is 7.63. The van der Waals surface area contributed by atoms with E-state index in [0.29, 0.717) is 50.3 Å². The van der Waals surface area contributed by atoms with Gasteiger partial charge in [0, 0.05) is 28.6 Å². The minimum absolute atomic E-state index is 0.00497. The number of benzene rings is 2. The van der Waals surface area contributed by atoms with Gasteiger partial charge in [-0.1, -0.05) is 12.1 Å². The molecule has 5 aromatic rings. The third-order valence-corrected chi connectivity index (χ3v) is 5.50. The minimum atomic E-state index is -0.258. The van der Waals surface area contributed by atoms with Crippen LogP contribution in [0.1, 0.15) is 19.9 Å². The van der Waals surface area contributed by atoms with Crippen LogP contribution >= 0.6 is 0 Å². The molecular formula is C23H21N3O5. The third kappa shape index (κ3) is 2.68. The van der Waals surface area contributed by atoms with Crippen LogP contribution in [0.3, 0.4) is 0 Å². The molecule has 0 aliphatic heterocycles. The highest BCUT2D eigenvalue weighted by Crippen LogP contribution is 2.44. The molecule has 0 saturated heterocycles. The Morgan fingerprint density at radius 2 is 1.87 bits per heavy atom. The van der Waals surface area contributed by atoms with Crippen molar-refractivity contribution in [3.63, 3.8) is 0 Å². The number of pyridine rings is 1. The summed E-state index contributed by atoms with van der Waals surface area (Å²) < 4.78 is 19.1. The zero-order valence-corrected chi connectivity index (χ0v) is 17.5. The molecule has 31 heavy (non-hydrogen) atoms. The van der Waals surface area contributed by atoms with Crippen molar-refractivity contribution in [3.8, 4) is 22.6 Å². The standard InChI is InChI=1S/C23H21N3O5/c1-11(2)26-22-18(23(28)25-26)17(14-6-5-7-15(29-3)20(14)30-4)21-19(24-22)13-9-8-12(27)10-16(13)31-21/h5-11,24H,1-4H3,(H,25,28). The van der Waals surface area contributed by atoms with Crippen LogP contribution in [-0.2, 0) is 0 Å². The lowest BCUT2D eigenvalue weighted by Crippen LogP contribution is -2.07. The van der Waals surface area contributed by atoms with Gasteiger partial charge in [0.15, 0.2) is 22.5 Å². The van der Waals surface area contributed by atoms with Gasteiger partial charge in [-0.3, -0.25) is 19.4 Å². The number of hydrogen-bond donors (Lipinski definition) is 2. The Kier molecular flexibility index (Phi) is 4.18. The van der Waals surface area contributed by atoms with Gasteiger partial charge >= 0.3 is 0 Å². The lowest BCUT2D eigenvalue weighted by Gasteiger charge is -2.14. The van der Waals surface area contributed by atoms with E-state index in [1.54, 1.807) is 31.0 Å². The largest absolute Gasteiger partial charge is 0.493 e. The summed E-state index contributed by atoms with van der Waals surface area (Å²) in [5.74, 6) is 1.02. The van der Waals surface area contributed by atoms with Crippen LogP contribution in [0.25, 0.3) is 44.2 Å². The first-order valence-corrected chi connectivity index (χ1v) is 9.88. The first kappa shape index (κ1) is 19.0. The summed E-state index contributed by atoms with van der Waals surface area (Å²) in [5, 5.41) is 4.11. The van der Waals surface area contributed by atoms with E-state index in [9.17, 15) is 9.59 Å². The number of hydrogen-bond acceptors (Lipinski definition) is 5. The molecule has 0 atom stereocenters. The number of aromatic nitrogens is 3. The van der Waals surface area contributed by atoms with Crippen molar-refractivity contribution in [2.24, 2.45) is 0 Å². The first-order chi connectivity index (χ1) is 14.9. The van der Waals surface area contributed by atoms with Gasteiger partial charge in [0.2, 0.25) is 0 Å². The summed E-state index contributed by atoms with van der Waals surface area (Å²) >= 11 is 0. The van der Waals surface area contributed by atoms with E-state index >= 15 is 0 Å². The maximum Gasteiger partial charge on any atom is 0.274 e. The van der Waals surface area contributed by atoms with Crippen LogP contribution in [0.4, 0.5) is 0 Å². The van der Waals surface area contributed by atoms with Gasteiger partial charge < -0.3 is 18.9 Å². The Hall–Kier alpha value is -3.94. The molecule has 8 nitrogen and oxygen atoms in total. The maximum atomic E-state index is 13.1. The predicted octanol–water partition coefficient (Wildman–Crippen LogP) is 4.18. The van der Waals surface area contributed by atoms with Crippen molar-refractivity contribution in [3.05, 3.63) is 57.0 Å². The number of para-hydroxylation sites is 1. The molecule has 2 N–H and O–H groups in total. The van der Waals surface area contributed by atoms with Crippen molar-refractivity contribution in [2.45, 2.75) is 19.9 Å². The molecule has 0 radical (unpaired) electrons. The number of ether oxygens (including phenoxy) is 2. The molecular weight excluding hydrogens is 398 g/mol. The number of methoxy groups -OCH3 is 2. The van der Waals surface area contributed by atoms with Gasteiger partial charge in [-0.25, -0.2) is 0 Å². The average Bonchev–Trinajstić information content (AvgIpc) is 3.28. The summed E-state index contributed by atoms with van der Waals surface area (Å²) in [5.41, 5.74) is 3.04. The molecule has 0 aliphatic rings. The van der Waals surface area contributed by atoms with E-state index in [1.807, 2.05) is 26.0 Å². The summed E-state index contributed by atoms with van der Waals surface area (Å²) in [6.45, 7) is 3.97. The lowest BCUT2D eigenvalue weighted by atomic mass is 10.0. The molecule has 0 spiro atoms. The number of aromatic amines is 2. The zero-order valence-electron chi connectivity index (χ0n) is 17.5. The monoisotopic (exact) mass is 419 g/mol. The summed E-state index contributed by atoms with van der Waals surface area (Å²) in [6, 6.07) is 10.1. The quantitative estimate of drug-likeness (QED) is 0.455. The molecule has 0 bridgehead atoms. The number of nitrogens with zero attached hydrogens (tertiary/aromatic N) is 1. The van der Waals surface area contributed by atoms with Crippen LogP contribution in [0, 0.1) is 0 Å². The Bertz CT molecular complexity index is 1580. The molecule has 2 aromatic carbocycles. The van der Waals surface area contributed by atoms with Crippen LogP contribution in [0.2, 0.25) is 0 Å². The van der Waals surface area contributed by atoms with E-state index < -0.39 is 0 Å². The van der Waals surface area contributed by atoms with Crippen LogP contribution < -0.4 is 20.5 Å². The molecule has 3 aromatic heterocycles. The van der Waals surface area contributed by atoms with E-state index in [0.717, 1.165) is 5.39 Å². The number of furan rings is 1. The molecule has 0 amide bonds. The number of fused-ring (bicyclic) bond motifs is 4. The van der Waals surface area contributed by atoms with E-state index in [-0.39, 0.29) is 17.0 Å². The molecule has 8 heteroatoms. The second kappa shape index (κ2) is 6.80. The van der Waals surface area contributed by atoms with Gasteiger partial charge in [-0.15, -0.1) is 0 Å². The highest BCUT2D eigenvalue weighted by molar-refractivity contribution is 6.15. The molecule has 0 saturated carbocycles. The molecule has 0 aliphatic carbocycles. The second-order valence-electron chi connectivity index (χ2n) is 7.63. The smallest absolute Gasteiger partial charge is 0.274 e. The van der Waals surface area contributed by atoms with Crippen molar-refractivity contribution >= 4 is 33.1 Å². The molecule has 158 valence electrons. The fourth-order valence-electron chi connectivity index (χ4n) is 4.14. The summed E-state index contributed by atoms with van der Waals surface area (Å²) in [6.07, 6.45) is 0. The molecule has 3 heterocycles. The fraction of sp³-hybridized carbons (Fsp3) is 0.217. The van der Waals surface area contributed by atoms with Gasteiger partial charge in [0.1, 0.15) is 11.2 Å². The normalized spacial score (nSPS) is 11.8. The summed E-state index contributed by atoms with van der Waals surface area (Å²) in [7, 11) is 3.11. The van der Waals surface area contributed by atoms with Crippen LogP contribution in [0.5, 0.6) is 11.5 Å². The molecule has 0 fully saturated rings. The van der Waals surface area contributed by atoms with E-state index in [1.165, 1.54) is 12.1 Å². The summed E-state index contributed by atoms with van der Waals surface area (Å²) in [4.78, 5) is 28.4. The van der Waals surface area contributed by atoms with Crippen LogP contribution in [0.15, 0.2) is 50.4 Å². The van der Waals surface area contributed by atoms with E-state index in [2.05, 4.69) is 10.1 Å². The SMILES string of the molecule is COc1cccc(-c2c3oc4cc(=O)ccc4c3[nH]c3c2c(=O)[nH]n3C(C)C)c1OC. The zero-order chi connectivity index (χ0) is 21.9. The van der Waals surface area contributed by atoms with Crippen molar-refractivity contribution in [2.75, 3.05) is 14.2 Å². The Morgan fingerprint density at radius 1 is 1.06 bits per heavy atom. The van der Waals surface area contributed by atoms with Crippen molar-refractivity contribution in [1.29, 1.82) is 0 Å². The topological polar surface area (TPSA) is 102 Å². The van der Waals surface area contributed by atoms with Gasteiger partial charge in [-0.2, -0.15) is 0 Å². The van der Waals surface area contributed by atoms with Gasteiger partial charge in [-0.05, 0) is 32.0 Å². The Labute approximate surface area is 176 Å². The fourth-order valence-corrected chi connectivity index (χ4v) is 4.14. The lowest BCUT2D eigenvalue weighted by molar-refractivity contribution is 0.356. The van der Waals surface area contributed by atoms with Gasteiger partial charge in [0.05, 0.1) is 25.1 Å². The number of H-pyrrole nitrogens is 2. The number of nitrogens with one attached hydrogen (secondary N) is 2. The molecule has 0 unspecified atom stereocenters. The predicted molar refractivity (Wildman–Crippen MR) is 119 cm³/mol. The maximum absolute atomic E-state index is 13.1. The Balaban J connectivity index is 2.07. The number of rotatable bonds is 4. The Morgan fingerprint density at radius 3 is 2.58 bits per heavy atom. The highest BCUT2D eigenvalue weighted by atomic mass is 16.5.